The van der Waals surface area contributed by atoms with Crippen molar-refractivity contribution in [3.63, 3.8) is 0 Å². The third kappa shape index (κ3) is 4.84. The molecule has 11 heteroatoms. The third-order valence-corrected chi connectivity index (χ3v) is 3.65. The highest BCUT2D eigenvalue weighted by Crippen LogP contribution is 2.21. The standard InChI is InChI=1S/C17H15N7O2.2ClH/c18-16(23-25)11-3-1-10(2-4-11)14-8-20-9-15(22-14)12-5-6-13(21-7-12)17(19)24-26;;/h1-9,25-26H,(H2,18,23)(H2,19,24);2*1H. The molecule has 3 rings (SSSR count). The van der Waals surface area contributed by atoms with Crippen LogP contribution in [0, 0.1) is 0 Å². The van der Waals surface area contributed by atoms with Crippen LogP contribution in [-0.2, 0) is 0 Å². The van der Waals surface area contributed by atoms with Gasteiger partial charge in [-0.15, -0.1) is 24.8 Å². The van der Waals surface area contributed by atoms with Gasteiger partial charge in [0.05, 0.1) is 23.8 Å². The summed E-state index contributed by atoms with van der Waals surface area (Å²) in [6.45, 7) is 0. The van der Waals surface area contributed by atoms with Gasteiger partial charge < -0.3 is 21.9 Å². The van der Waals surface area contributed by atoms with E-state index in [-0.39, 0.29) is 36.5 Å². The van der Waals surface area contributed by atoms with E-state index in [1.807, 2.05) is 0 Å². The molecule has 0 aliphatic heterocycles. The summed E-state index contributed by atoms with van der Waals surface area (Å²) < 4.78 is 0. The Kier molecular flexibility index (Phi) is 8.11. The highest BCUT2D eigenvalue weighted by Gasteiger charge is 2.07. The first-order valence-electron chi connectivity index (χ1n) is 7.47. The third-order valence-electron chi connectivity index (χ3n) is 3.65. The average Bonchev–Trinajstić information content (AvgIpc) is 2.73. The number of halogens is 2. The van der Waals surface area contributed by atoms with E-state index in [9.17, 15) is 0 Å². The van der Waals surface area contributed by atoms with Crippen LogP contribution < -0.4 is 11.5 Å². The summed E-state index contributed by atoms with van der Waals surface area (Å²) >= 11 is 0. The maximum absolute atomic E-state index is 8.71. The van der Waals surface area contributed by atoms with E-state index in [0.29, 0.717) is 22.6 Å². The molecule has 146 valence electrons. The Balaban J connectivity index is 0.00000196. The molecule has 0 amide bonds. The smallest absolute Gasteiger partial charge is 0.188 e. The zero-order valence-corrected chi connectivity index (χ0v) is 15.9. The summed E-state index contributed by atoms with van der Waals surface area (Å²) in [4.78, 5) is 12.9. The number of hydrogen-bond donors (Lipinski definition) is 4. The molecule has 0 unspecified atom stereocenters. The molecule has 2 aromatic heterocycles. The predicted octanol–water partition coefficient (Wildman–Crippen LogP) is 2.24. The molecule has 1 aromatic carbocycles. The van der Waals surface area contributed by atoms with Gasteiger partial charge in [-0.25, -0.2) is 4.98 Å². The van der Waals surface area contributed by atoms with E-state index in [4.69, 9.17) is 21.9 Å². The van der Waals surface area contributed by atoms with Crippen molar-refractivity contribution >= 4 is 36.5 Å². The molecule has 0 bridgehead atoms. The molecule has 0 aliphatic rings. The monoisotopic (exact) mass is 421 g/mol. The molecular formula is C17H17Cl2N7O2. The van der Waals surface area contributed by atoms with Crippen LogP contribution in [0.4, 0.5) is 0 Å². The number of benzene rings is 1. The first-order valence-corrected chi connectivity index (χ1v) is 7.47. The van der Waals surface area contributed by atoms with Gasteiger partial charge in [0.1, 0.15) is 5.69 Å². The highest BCUT2D eigenvalue weighted by atomic mass is 35.5. The van der Waals surface area contributed by atoms with Gasteiger partial charge in [0.2, 0.25) is 0 Å². The van der Waals surface area contributed by atoms with Crippen LogP contribution in [0.15, 0.2) is 65.3 Å². The van der Waals surface area contributed by atoms with Gasteiger partial charge in [0.25, 0.3) is 0 Å². The molecule has 0 radical (unpaired) electrons. The van der Waals surface area contributed by atoms with E-state index in [2.05, 4.69) is 25.3 Å². The molecule has 2 heterocycles. The number of nitrogens with zero attached hydrogens (tertiary/aromatic N) is 5. The number of oxime groups is 2. The number of aromatic nitrogens is 3. The zero-order valence-electron chi connectivity index (χ0n) is 14.3. The van der Waals surface area contributed by atoms with Crippen LogP contribution in [0.1, 0.15) is 11.3 Å². The van der Waals surface area contributed by atoms with Crippen molar-refractivity contribution in [3.05, 3.63) is 66.2 Å². The van der Waals surface area contributed by atoms with Gasteiger partial charge in [-0.2, -0.15) is 0 Å². The lowest BCUT2D eigenvalue weighted by atomic mass is 10.1. The number of rotatable bonds is 4. The molecular weight excluding hydrogens is 405 g/mol. The van der Waals surface area contributed by atoms with Gasteiger partial charge in [0, 0.05) is 22.9 Å². The largest absolute Gasteiger partial charge is 0.409 e. The fourth-order valence-corrected chi connectivity index (χ4v) is 2.26. The van der Waals surface area contributed by atoms with Crippen molar-refractivity contribution in [3.8, 4) is 22.5 Å². The Hall–Kier alpha value is -3.43. The lowest BCUT2D eigenvalue weighted by Crippen LogP contribution is -2.14. The minimum atomic E-state index is -0.0674. The first kappa shape index (κ1) is 22.6. The molecule has 0 saturated heterocycles. The lowest BCUT2D eigenvalue weighted by Gasteiger charge is -2.06. The molecule has 0 atom stereocenters. The van der Waals surface area contributed by atoms with Crippen molar-refractivity contribution in [2.45, 2.75) is 0 Å². The Labute approximate surface area is 172 Å². The van der Waals surface area contributed by atoms with E-state index >= 15 is 0 Å². The van der Waals surface area contributed by atoms with Gasteiger partial charge in [0.15, 0.2) is 11.7 Å². The van der Waals surface area contributed by atoms with Crippen molar-refractivity contribution in [2.24, 2.45) is 21.8 Å². The summed E-state index contributed by atoms with van der Waals surface area (Å²) in [5, 5.41) is 23.3. The van der Waals surface area contributed by atoms with Crippen molar-refractivity contribution in [2.75, 3.05) is 0 Å². The van der Waals surface area contributed by atoms with Crippen LogP contribution in [0.5, 0.6) is 0 Å². The summed E-state index contributed by atoms with van der Waals surface area (Å²) in [6, 6.07) is 10.5. The first-order chi connectivity index (χ1) is 12.6. The molecule has 9 nitrogen and oxygen atoms in total. The Bertz CT molecular complexity index is 901. The van der Waals surface area contributed by atoms with Crippen molar-refractivity contribution < 1.29 is 10.4 Å². The van der Waals surface area contributed by atoms with Crippen LogP contribution in [0.25, 0.3) is 22.5 Å². The second-order valence-electron chi connectivity index (χ2n) is 5.27. The van der Waals surface area contributed by atoms with Crippen LogP contribution in [0.3, 0.4) is 0 Å². The average molecular weight is 422 g/mol. The minimum absolute atomic E-state index is 0. The van der Waals surface area contributed by atoms with Gasteiger partial charge in [-0.3, -0.25) is 9.97 Å². The molecule has 0 spiro atoms. The summed E-state index contributed by atoms with van der Waals surface area (Å²) in [7, 11) is 0. The van der Waals surface area contributed by atoms with Crippen LogP contribution in [0.2, 0.25) is 0 Å². The topological polar surface area (TPSA) is 156 Å². The molecule has 3 aromatic rings. The fraction of sp³-hybridized carbons (Fsp3) is 0. The maximum Gasteiger partial charge on any atom is 0.188 e. The van der Waals surface area contributed by atoms with Gasteiger partial charge >= 0.3 is 0 Å². The van der Waals surface area contributed by atoms with Crippen LogP contribution in [-0.4, -0.2) is 37.0 Å². The second-order valence-corrected chi connectivity index (χ2v) is 5.27. The Morgan fingerprint density at radius 1 is 0.750 bits per heavy atom. The second kappa shape index (κ2) is 10.0. The summed E-state index contributed by atoms with van der Waals surface area (Å²) in [5.41, 5.74) is 14.9. The molecule has 0 saturated carbocycles. The van der Waals surface area contributed by atoms with E-state index in [1.165, 1.54) is 0 Å². The quantitative estimate of drug-likeness (QED) is 0.217. The van der Waals surface area contributed by atoms with Crippen LogP contribution >= 0.6 is 24.8 Å². The maximum atomic E-state index is 8.71. The van der Waals surface area contributed by atoms with Gasteiger partial charge in [-0.05, 0) is 12.1 Å². The molecule has 0 fully saturated rings. The normalized spacial score (nSPS) is 11.3. The summed E-state index contributed by atoms with van der Waals surface area (Å²) in [5.74, 6) is -0.0320. The lowest BCUT2D eigenvalue weighted by molar-refractivity contribution is 0.318. The van der Waals surface area contributed by atoms with Gasteiger partial charge in [-0.1, -0.05) is 34.6 Å². The minimum Gasteiger partial charge on any atom is -0.409 e. The summed E-state index contributed by atoms with van der Waals surface area (Å²) in [6.07, 6.45) is 4.83. The number of pyridine rings is 1. The molecule has 0 aliphatic carbocycles. The Morgan fingerprint density at radius 3 is 1.86 bits per heavy atom. The van der Waals surface area contributed by atoms with Crippen molar-refractivity contribution in [1.29, 1.82) is 0 Å². The van der Waals surface area contributed by atoms with E-state index in [1.54, 1.807) is 55.0 Å². The highest BCUT2D eigenvalue weighted by molar-refractivity contribution is 5.97. The zero-order chi connectivity index (χ0) is 18.5. The fourth-order valence-electron chi connectivity index (χ4n) is 2.26. The molecule has 28 heavy (non-hydrogen) atoms. The Morgan fingerprint density at radius 2 is 1.32 bits per heavy atom. The molecule has 6 N–H and O–H groups in total. The SMILES string of the molecule is Cl.Cl.N/C(=N/O)c1ccc(-c2cncc(-c3ccc(/C(N)=N\O)nc3)n2)cc1. The predicted molar refractivity (Wildman–Crippen MR) is 110 cm³/mol. The number of nitrogens with two attached hydrogens (primary N) is 2. The number of amidine groups is 2. The number of hydrogen-bond acceptors (Lipinski definition) is 7. The van der Waals surface area contributed by atoms with E-state index < -0.39 is 0 Å². The van der Waals surface area contributed by atoms with E-state index in [0.717, 1.165) is 11.1 Å². The van der Waals surface area contributed by atoms with Crippen molar-refractivity contribution in [1.82, 2.24) is 15.0 Å².